The highest BCUT2D eigenvalue weighted by atomic mass is 127. The van der Waals surface area contributed by atoms with Crippen LogP contribution >= 0.6 is 0 Å². The van der Waals surface area contributed by atoms with Gasteiger partial charge in [0, 0.05) is 5.56 Å². The average molecular weight is 449 g/mol. The second-order valence-corrected chi connectivity index (χ2v) is 9.80. The van der Waals surface area contributed by atoms with Crippen LogP contribution in [-0.2, 0) is 12.6 Å². The second-order valence-electron chi connectivity index (χ2n) is 5.62. The summed E-state index contributed by atoms with van der Waals surface area (Å²) < 4.78 is 31.2. The molecular weight excluding hydrogens is 435 g/mol. The average Bonchev–Trinajstić information content (AvgIpc) is 2.58. The standard InChI is InChI=1S/C19H14IO3S/c1-13-9-11-14(12-10-13)24(21,22)23-20-18-8-4-7-17-15-5-2-3-6-16(15)19(17)18/h2-12H,1H3/q+1. The molecule has 0 fully saturated rings. The molecule has 1 aliphatic rings. The van der Waals surface area contributed by atoms with Crippen molar-refractivity contribution < 1.29 is 32.6 Å². The molecule has 0 N–H and O–H groups in total. The number of aryl methyl sites for hydroxylation is 1. The first-order chi connectivity index (χ1) is 11.6. The molecule has 0 saturated carbocycles. The van der Waals surface area contributed by atoms with Gasteiger partial charge in [-0.1, -0.05) is 54.1 Å². The van der Waals surface area contributed by atoms with Crippen molar-refractivity contribution >= 4 is 10.1 Å². The molecule has 0 saturated heterocycles. The maximum absolute atomic E-state index is 12.4. The van der Waals surface area contributed by atoms with Crippen molar-refractivity contribution in [3.63, 3.8) is 0 Å². The molecule has 120 valence electrons. The largest absolute Gasteiger partial charge is 0.541 e. The Kier molecular flexibility index (Phi) is 3.94. The smallest absolute Gasteiger partial charge is 0.190 e. The number of benzene rings is 3. The molecule has 0 heterocycles. The lowest BCUT2D eigenvalue weighted by Crippen LogP contribution is -3.62. The van der Waals surface area contributed by atoms with Gasteiger partial charge in [0.1, 0.15) is 0 Å². The van der Waals surface area contributed by atoms with Gasteiger partial charge in [0.2, 0.25) is 3.57 Å². The molecule has 3 aromatic carbocycles. The minimum atomic E-state index is -3.71. The number of fused-ring (bicyclic) bond motifs is 4. The lowest BCUT2D eigenvalue weighted by atomic mass is 9.81. The van der Waals surface area contributed by atoms with E-state index in [9.17, 15) is 8.42 Å². The predicted octanol–water partition coefficient (Wildman–Crippen LogP) is 1.22. The first kappa shape index (κ1) is 15.8. The Morgan fingerprint density at radius 1 is 0.792 bits per heavy atom. The zero-order valence-electron chi connectivity index (χ0n) is 12.9. The Morgan fingerprint density at radius 2 is 1.46 bits per heavy atom. The minimum Gasteiger partial charge on any atom is -0.190 e. The van der Waals surface area contributed by atoms with Crippen LogP contribution in [-0.4, -0.2) is 8.42 Å². The molecule has 0 amide bonds. The van der Waals surface area contributed by atoms with Crippen molar-refractivity contribution in [2.24, 2.45) is 0 Å². The zero-order chi connectivity index (χ0) is 16.7. The third-order valence-electron chi connectivity index (χ3n) is 4.01. The van der Waals surface area contributed by atoms with Crippen molar-refractivity contribution in [2.75, 3.05) is 0 Å². The summed E-state index contributed by atoms with van der Waals surface area (Å²) in [7, 11) is -3.71. The summed E-state index contributed by atoms with van der Waals surface area (Å²) in [5.41, 5.74) is 5.74. The molecule has 0 aromatic heterocycles. The van der Waals surface area contributed by atoms with Gasteiger partial charge in [0.05, 0.1) is 4.90 Å². The van der Waals surface area contributed by atoms with Crippen LogP contribution in [0.25, 0.3) is 22.3 Å². The molecule has 24 heavy (non-hydrogen) atoms. The second kappa shape index (κ2) is 5.98. The SMILES string of the molecule is Cc1ccc(S(=O)(=O)O[I+]c2cccc3c2-c2ccccc2-3)cc1. The Labute approximate surface area is 152 Å². The molecule has 0 spiro atoms. The summed E-state index contributed by atoms with van der Waals surface area (Å²) in [6.45, 7) is 1.92. The predicted molar refractivity (Wildman–Crippen MR) is 89.0 cm³/mol. The molecular formula is C19H14IO3S+. The van der Waals surface area contributed by atoms with E-state index in [-0.39, 0.29) is 4.90 Å². The van der Waals surface area contributed by atoms with E-state index in [0.29, 0.717) is 0 Å². The minimum absolute atomic E-state index is 0.211. The van der Waals surface area contributed by atoms with Gasteiger partial charge < -0.3 is 0 Å². The molecule has 5 heteroatoms. The summed E-state index contributed by atoms with van der Waals surface area (Å²) in [6, 6.07) is 20.9. The van der Waals surface area contributed by atoms with Gasteiger partial charge in [0.25, 0.3) is 0 Å². The van der Waals surface area contributed by atoms with Gasteiger partial charge in [-0.3, -0.25) is 0 Å². The molecule has 4 rings (SSSR count). The number of hydrogen-bond donors (Lipinski definition) is 0. The van der Waals surface area contributed by atoms with E-state index in [4.69, 9.17) is 2.51 Å². The number of halogens is 1. The third-order valence-corrected chi connectivity index (χ3v) is 8.42. The highest BCUT2D eigenvalue weighted by molar-refractivity contribution is 7.86. The topological polar surface area (TPSA) is 43.4 Å². The maximum atomic E-state index is 12.4. The summed E-state index contributed by atoms with van der Waals surface area (Å²) in [5, 5.41) is 0. The monoisotopic (exact) mass is 449 g/mol. The fourth-order valence-corrected chi connectivity index (χ4v) is 6.54. The van der Waals surface area contributed by atoms with Crippen LogP contribution in [0.2, 0.25) is 0 Å². The highest BCUT2D eigenvalue weighted by Crippen LogP contribution is 2.46. The lowest BCUT2D eigenvalue weighted by molar-refractivity contribution is -0.836. The third kappa shape index (κ3) is 2.66. The van der Waals surface area contributed by atoms with Crippen LogP contribution in [0.1, 0.15) is 5.56 Å². The molecule has 1 aliphatic carbocycles. The molecule has 0 bridgehead atoms. The van der Waals surface area contributed by atoms with Crippen LogP contribution in [0.3, 0.4) is 0 Å². The van der Waals surface area contributed by atoms with E-state index >= 15 is 0 Å². The lowest BCUT2D eigenvalue weighted by Gasteiger charge is -2.22. The van der Waals surface area contributed by atoms with Crippen molar-refractivity contribution in [2.45, 2.75) is 11.8 Å². The van der Waals surface area contributed by atoms with Gasteiger partial charge in [0.15, 0.2) is 0 Å². The quantitative estimate of drug-likeness (QED) is 0.441. The summed E-state index contributed by atoms with van der Waals surface area (Å²) in [6.07, 6.45) is 0. The van der Waals surface area contributed by atoms with E-state index in [1.54, 1.807) is 24.3 Å². The van der Waals surface area contributed by atoms with E-state index in [1.807, 2.05) is 31.2 Å². The van der Waals surface area contributed by atoms with E-state index in [0.717, 1.165) is 14.7 Å². The number of hydrogen-bond acceptors (Lipinski definition) is 3. The van der Waals surface area contributed by atoms with E-state index in [1.165, 1.54) is 16.7 Å². The molecule has 3 nitrogen and oxygen atoms in total. The van der Waals surface area contributed by atoms with Crippen molar-refractivity contribution in [1.29, 1.82) is 0 Å². The van der Waals surface area contributed by atoms with Gasteiger partial charge in [-0.15, -0.1) is 0 Å². The van der Waals surface area contributed by atoms with E-state index < -0.39 is 31.7 Å². The Hall–Kier alpha value is -1.70. The molecule has 0 atom stereocenters. The van der Waals surface area contributed by atoms with Crippen LogP contribution in [0.5, 0.6) is 0 Å². The fraction of sp³-hybridized carbons (Fsp3) is 0.0526. The highest BCUT2D eigenvalue weighted by Gasteiger charge is 2.35. The van der Waals surface area contributed by atoms with Crippen LogP contribution in [0, 0.1) is 10.5 Å². The van der Waals surface area contributed by atoms with Crippen molar-refractivity contribution in [3.05, 3.63) is 75.9 Å². The summed E-state index contributed by atoms with van der Waals surface area (Å²) in [5.74, 6) is 0. The first-order valence-corrected chi connectivity index (χ1v) is 10.8. The van der Waals surface area contributed by atoms with Gasteiger partial charge in [-0.2, -0.15) is 8.42 Å². The van der Waals surface area contributed by atoms with Crippen molar-refractivity contribution in [1.82, 2.24) is 0 Å². The summed E-state index contributed by atoms with van der Waals surface area (Å²) >= 11 is -1.10. The normalized spacial score (nSPS) is 12.2. The van der Waals surface area contributed by atoms with Crippen LogP contribution < -0.4 is 21.6 Å². The van der Waals surface area contributed by atoms with Crippen molar-refractivity contribution in [3.8, 4) is 22.3 Å². The Morgan fingerprint density at radius 3 is 2.21 bits per heavy atom. The molecule has 0 radical (unpaired) electrons. The Bertz CT molecular complexity index is 1020. The maximum Gasteiger partial charge on any atom is 0.541 e. The molecule has 3 aromatic rings. The molecule has 0 unspecified atom stereocenters. The first-order valence-electron chi connectivity index (χ1n) is 7.44. The van der Waals surface area contributed by atoms with Crippen LogP contribution in [0.15, 0.2) is 71.6 Å². The summed E-state index contributed by atoms with van der Waals surface area (Å²) in [4.78, 5) is 0.211. The molecule has 0 aliphatic heterocycles. The Balaban J connectivity index is 1.60. The number of rotatable bonds is 4. The van der Waals surface area contributed by atoms with Gasteiger partial charge in [-0.25, -0.2) is 0 Å². The van der Waals surface area contributed by atoms with E-state index in [2.05, 4.69) is 18.2 Å². The fourth-order valence-electron chi connectivity index (χ4n) is 2.78. The zero-order valence-corrected chi connectivity index (χ0v) is 15.8. The van der Waals surface area contributed by atoms with Gasteiger partial charge in [-0.05, 0) is 44.3 Å². The van der Waals surface area contributed by atoms with Gasteiger partial charge >= 0.3 is 31.7 Å². The van der Waals surface area contributed by atoms with Crippen LogP contribution in [0.4, 0.5) is 0 Å².